The van der Waals surface area contributed by atoms with Gasteiger partial charge in [-0.3, -0.25) is 9.59 Å². The number of piperazine rings is 1. The van der Waals surface area contributed by atoms with Gasteiger partial charge in [0.1, 0.15) is 17.2 Å². The molecule has 0 spiro atoms. The minimum atomic E-state index is -1.20. The second-order valence-electron chi connectivity index (χ2n) is 6.26. The minimum absolute atomic E-state index is 0.0512. The van der Waals surface area contributed by atoms with Crippen molar-refractivity contribution in [2.45, 2.75) is 6.92 Å². The number of hydrogen-bond acceptors (Lipinski definition) is 4. The molecule has 0 atom stereocenters. The van der Waals surface area contributed by atoms with Crippen LogP contribution in [0.5, 0.6) is 0 Å². The fourth-order valence-corrected chi connectivity index (χ4v) is 2.86. The first kappa shape index (κ1) is 18.5. The van der Waals surface area contributed by atoms with Gasteiger partial charge >= 0.3 is 5.97 Å². The van der Waals surface area contributed by atoms with Gasteiger partial charge in [0.05, 0.1) is 0 Å². The molecular weight excluding hydrogens is 353 g/mol. The first-order valence-corrected chi connectivity index (χ1v) is 8.42. The second kappa shape index (κ2) is 7.53. The van der Waals surface area contributed by atoms with E-state index in [1.165, 1.54) is 29.2 Å². The molecule has 1 aliphatic rings. The lowest BCUT2D eigenvalue weighted by molar-refractivity contribution is 0.0531. The predicted molar refractivity (Wildman–Crippen MR) is 94.1 cm³/mol. The summed E-state index contributed by atoms with van der Waals surface area (Å²) in [5.41, 5.74) is 0.595. The quantitative estimate of drug-likeness (QED) is 0.889. The summed E-state index contributed by atoms with van der Waals surface area (Å²) in [5.74, 6) is -2.30. The molecule has 0 radical (unpaired) electrons. The Morgan fingerprint density at radius 2 is 1.56 bits per heavy atom. The van der Waals surface area contributed by atoms with Crippen LogP contribution in [-0.2, 0) is 0 Å². The number of carbonyl (C=O) groups is 3. The third kappa shape index (κ3) is 3.94. The van der Waals surface area contributed by atoms with Crippen LogP contribution in [0.25, 0.3) is 0 Å². The number of rotatable bonds is 3. The van der Waals surface area contributed by atoms with E-state index in [-0.39, 0.29) is 41.9 Å². The Kier molecular flexibility index (Phi) is 5.16. The Hall–Kier alpha value is -3.29. The molecule has 2 aromatic rings. The van der Waals surface area contributed by atoms with E-state index in [1.807, 2.05) is 0 Å². The standard InChI is InChI=1S/C19H18FN3O4/c1-12-5-6-13(11-14(12)20)17(24)22-7-9-23(10-8-22)18(25)15-3-2-4-16(21-15)19(26)27/h2-6,11H,7-10H2,1H3,(H,26,27). The zero-order chi connectivity index (χ0) is 19.6. The molecular formula is C19H18FN3O4. The number of hydrogen-bond donors (Lipinski definition) is 1. The maximum absolute atomic E-state index is 13.7. The molecule has 0 aliphatic carbocycles. The van der Waals surface area contributed by atoms with E-state index in [0.29, 0.717) is 18.7 Å². The number of aryl methyl sites for hydroxylation is 1. The largest absolute Gasteiger partial charge is 0.477 e. The average molecular weight is 371 g/mol. The molecule has 2 amide bonds. The maximum atomic E-state index is 13.7. The summed E-state index contributed by atoms with van der Waals surface area (Å²) >= 11 is 0. The molecule has 7 nitrogen and oxygen atoms in total. The lowest BCUT2D eigenvalue weighted by atomic mass is 10.1. The van der Waals surface area contributed by atoms with Crippen molar-refractivity contribution in [3.05, 3.63) is 64.7 Å². The molecule has 2 heterocycles. The van der Waals surface area contributed by atoms with Crippen LogP contribution in [0, 0.1) is 12.7 Å². The molecule has 1 aromatic carbocycles. The Balaban J connectivity index is 1.65. The number of amides is 2. The van der Waals surface area contributed by atoms with Crippen molar-refractivity contribution in [2.24, 2.45) is 0 Å². The van der Waals surface area contributed by atoms with Gasteiger partial charge in [0.2, 0.25) is 0 Å². The van der Waals surface area contributed by atoms with Crippen LogP contribution in [0.4, 0.5) is 4.39 Å². The molecule has 1 fully saturated rings. The van der Waals surface area contributed by atoms with Crippen molar-refractivity contribution >= 4 is 17.8 Å². The van der Waals surface area contributed by atoms with Crippen LogP contribution in [-0.4, -0.2) is 63.9 Å². The molecule has 0 saturated carbocycles. The first-order chi connectivity index (χ1) is 12.9. The molecule has 3 rings (SSSR count). The normalized spacial score (nSPS) is 14.1. The van der Waals surface area contributed by atoms with Gasteiger partial charge < -0.3 is 14.9 Å². The van der Waals surface area contributed by atoms with E-state index in [4.69, 9.17) is 5.11 Å². The third-order valence-electron chi connectivity index (χ3n) is 4.46. The van der Waals surface area contributed by atoms with Crippen molar-refractivity contribution in [3.63, 3.8) is 0 Å². The third-order valence-corrected chi connectivity index (χ3v) is 4.46. The summed E-state index contributed by atoms with van der Waals surface area (Å²) in [6, 6.07) is 8.60. The van der Waals surface area contributed by atoms with E-state index in [1.54, 1.807) is 24.0 Å². The maximum Gasteiger partial charge on any atom is 0.354 e. The van der Waals surface area contributed by atoms with Gasteiger partial charge in [0.15, 0.2) is 0 Å². The molecule has 8 heteroatoms. The van der Waals surface area contributed by atoms with Gasteiger partial charge in [-0.15, -0.1) is 0 Å². The number of carboxylic acid groups (broad SMARTS) is 1. The van der Waals surface area contributed by atoms with E-state index >= 15 is 0 Å². The summed E-state index contributed by atoms with van der Waals surface area (Å²) < 4.78 is 13.7. The van der Waals surface area contributed by atoms with Gasteiger partial charge in [-0.1, -0.05) is 12.1 Å². The lowest BCUT2D eigenvalue weighted by Crippen LogP contribution is -2.50. The van der Waals surface area contributed by atoms with Crippen LogP contribution >= 0.6 is 0 Å². The number of benzene rings is 1. The number of pyridine rings is 1. The highest BCUT2D eigenvalue weighted by atomic mass is 19.1. The number of nitrogens with zero attached hydrogens (tertiary/aromatic N) is 3. The van der Waals surface area contributed by atoms with Crippen LogP contribution in [0.2, 0.25) is 0 Å². The number of carboxylic acids is 1. The number of carbonyl (C=O) groups excluding carboxylic acids is 2. The Morgan fingerprint density at radius 3 is 2.15 bits per heavy atom. The van der Waals surface area contributed by atoms with Gasteiger partial charge in [-0.2, -0.15) is 0 Å². The highest BCUT2D eigenvalue weighted by Crippen LogP contribution is 2.14. The van der Waals surface area contributed by atoms with E-state index < -0.39 is 11.8 Å². The summed E-state index contributed by atoms with van der Waals surface area (Å²) in [5, 5.41) is 8.98. The smallest absolute Gasteiger partial charge is 0.354 e. The summed E-state index contributed by atoms with van der Waals surface area (Å²) in [4.78, 5) is 43.0. The van der Waals surface area contributed by atoms with Crippen LogP contribution in [0.15, 0.2) is 36.4 Å². The van der Waals surface area contributed by atoms with Crippen LogP contribution in [0.3, 0.4) is 0 Å². The fourth-order valence-electron chi connectivity index (χ4n) is 2.86. The molecule has 1 saturated heterocycles. The average Bonchev–Trinajstić information content (AvgIpc) is 2.69. The van der Waals surface area contributed by atoms with Crippen molar-refractivity contribution in [3.8, 4) is 0 Å². The summed E-state index contributed by atoms with van der Waals surface area (Å²) in [6.45, 7) is 2.81. The molecule has 1 N–H and O–H groups in total. The van der Waals surface area contributed by atoms with E-state index in [0.717, 1.165) is 0 Å². The molecule has 0 unspecified atom stereocenters. The van der Waals surface area contributed by atoms with Gasteiger partial charge in [-0.25, -0.2) is 14.2 Å². The van der Waals surface area contributed by atoms with Gasteiger partial charge in [0.25, 0.3) is 11.8 Å². The predicted octanol–water partition coefficient (Wildman–Crippen LogP) is 1.83. The molecule has 0 bridgehead atoms. The number of halogens is 1. The molecule has 140 valence electrons. The minimum Gasteiger partial charge on any atom is -0.477 e. The van der Waals surface area contributed by atoms with Crippen molar-refractivity contribution in [2.75, 3.05) is 26.2 Å². The first-order valence-electron chi connectivity index (χ1n) is 8.42. The molecule has 1 aliphatic heterocycles. The Morgan fingerprint density at radius 1 is 0.963 bits per heavy atom. The van der Waals surface area contributed by atoms with Gasteiger partial charge in [-0.05, 0) is 36.8 Å². The van der Waals surface area contributed by atoms with Crippen molar-refractivity contribution < 1.29 is 23.9 Å². The van der Waals surface area contributed by atoms with E-state index in [9.17, 15) is 18.8 Å². The van der Waals surface area contributed by atoms with Crippen molar-refractivity contribution in [1.82, 2.24) is 14.8 Å². The highest BCUT2D eigenvalue weighted by molar-refractivity contribution is 5.96. The van der Waals surface area contributed by atoms with Gasteiger partial charge in [0, 0.05) is 31.7 Å². The zero-order valence-electron chi connectivity index (χ0n) is 14.7. The number of aromatic carboxylic acids is 1. The Labute approximate surface area is 155 Å². The van der Waals surface area contributed by atoms with Crippen molar-refractivity contribution in [1.29, 1.82) is 0 Å². The van der Waals surface area contributed by atoms with E-state index in [2.05, 4.69) is 4.98 Å². The molecule has 27 heavy (non-hydrogen) atoms. The SMILES string of the molecule is Cc1ccc(C(=O)N2CCN(C(=O)c3cccc(C(=O)O)n3)CC2)cc1F. The summed E-state index contributed by atoms with van der Waals surface area (Å²) in [7, 11) is 0. The Bertz CT molecular complexity index is 908. The molecule has 1 aromatic heterocycles. The fraction of sp³-hybridized carbons (Fsp3) is 0.263. The monoisotopic (exact) mass is 371 g/mol. The highest BCUT2D eigenvalue weighted by Gasteiger charge is 2.26. The lowest BCUT2D eigenvalue weighted by Gasteiger charge is -2.34. The topological polar surface area (TPSA) is 90.8 Å². The second-order valence-corrected chi connectivity index (χ2v) is 6.26. The van der Waals surface area contributed by atoms with Crippen LogP contribution in [0.1, 0.15) is 36.9 Å². The zero-order valence-corrected chi connectivity index (χ0v) is 14.7. The van der Waals surface area contributed by atoms with Crippen LogP contribution < -0.4 is 0 Å². The number of aromatic nitrogens is 1. The summed E-state index contributed by atoms with van der Waals surface area (Å²) in [6.07, 6.45) is 0.